The van der Waals surface area contributed by atoms with Crippen LogP contribution in [-0.2, 0) is 0 Å². The van der Waals surface area contributed by atoms with Crippen molar-refractivity contribution < 1.29 is 0 Å². The van der Waals surface area contributed by atoms with Crippen molar-refractivity contribution in [1.29, 1.82) is 0 Å². The predicted molar refractivity (Wildman–Crippen MR) is 298 cm³/mol. The molecule has 2 heteroatoms. The molecule has 0 fully saturated rings. The van der Waals surface area contributed by atoms with Crippen LogP contribution in [0.15, 0.2) is 279 Å². The van der Waals surface area contributed by atoms with Gasteiger partial charge in [-0.2, -0.15) is 0 Å². The van der Waals surface area contributed by atoms with Crippen LogP contribution in [0.25, 0.3) is 105 Å². The van der Waals surface area contributed by atoms with E-state index in [4.69, 9.17) is 0 Å². The fourth-order valence-electron chi connectivity index (χ4n) is 10.7. The molecule has 0 amide bonds. The van der Waals surface area contributed by atoms with Crippen molar-refractivity contribution in [2.75, 3.05) is 4.90 Å². The normalized spacial score (nSPS) is 11.4. The van der Waals surface area contributed by atoms with Crippen LogP contribution in [0.2, 0.25) is 0 Å². The quantitative estimate of drug-likeness (QED) is 0.131. The first-order chi connectivity index (χ1) is 34.7. The summed E-state index contributed by atoms with van der Waals surface area (Å²) in [6, 6.07) is 102. The summed E-state index contributed by atoms with van der Waals surface area (Å²) in [4.78, 5) is 2.38. The largest absolute Gasteiger partial charge is 0.311 e. The Labute approximate surface area is 408 Å². The van der Waals surface area contributed by atoms with Gasteiger partial charge in [0.15, 0.2) is 0 Å². The average molecular weight is 891 g/mol. The monoisotopic (exact) mass is 890 g/mol. The Hall–Kier alpha value is -9.24. The summed E-state index contributed by atoms with van der Waals surface area (Å²) in [7, 11) is 0. The summed E-state index contributed by atoms with van der Waals surface area (Å²) in [5, 5.41) is 7.56. The van der Waals surface area contributed by atoms with Gasteiger partial charge >= 0.3 is 0 Å². The third kappa shape index (κ3) is 7.22. The third-order valence-electron chi connectivity index (χ3n) is 14.0. The van der Waals surface area contributed by atoms with Gasteiger partial charge in [-0.25, -0.2) is 0 Å². The van der Waals surface area contributed by atoms with Crippen molar-refractivity contribution >= 4 is 60.4 Å². The van der Waals surface area contributed by atoms with Crippen LogP contribution in [0.3, 0.4) is 0 Å². The molecule has 0 saturated heterocycles. The van der Waals surface area contributed by atoms with Crippen LogP contribution >= 0.6 is 0 Å². The molecule has 0 aliphatic carbocycles. The van der Waals surface area contributed by atoms with Gasteiger partial charge in [0.25, 0.3) is 0 Å². The summed E-state index contributed by atoms with van der Waals surface area (Å²) < 4.78 is 2.39. The molecule has 13 aromatic rings. The van der Waals surface area contributed by atoms with Gasteiger partial charge in [-0.05, 0) is 138 Å². The lowest BCUT2D eigenvalue weighted by molar-refractivity contribution is 1.18. The molecule has 0 atom stereocenters. The second-order valence-corrected chi connectivity index (χ2v) is 18.0. The predicted octanol–water partition coefficient (Wildman–Crippen LogP) is 18.9. The number of hydrogen-bond donors (Lipinski definition) is 0. The first-order valence-corrected chi connectivity index (χ1v) is 24.1. The van der Waals surface area contributed by atoms with E-state index in [2.05, 4.69) is 289 Å². The van der Waals surface area contributed by atoms with Crippen LogP contribution < -0.4 is 4.90 Å². The Kier molecular flexibility index (Phi) is 10.2. The summed E-state index contributed by atoms with van der Waals surface area (Å²) in [5.41, 5.74) is 18.8. The number of nitrogens with zero attached hydrogens (tertiary/aromatic N) is 2. The number of aromatic nitrogens is 1. The molecule has 0 aliphatic rings. The minimum Gasteiger partial charge on any atom is -0.311 e. The average Bonchev–Trinajstić information content (AvgIpc) is 3.78. The van der Waals surface area contributed by atoms with Gasteiger partial charge in [0, 0.05) is 33.5 Å². The maximum atomic E-state index is 2.39. The van der Waals surface area contributed by atoms with E-state index in [-0.39, 0.29) is 0 Å². The zero-order valence-corrected chi connectivity index (χ0v) is 38.5. The first-order valence-electron chi connectivity index (χ1n) is 24.1. The molecule has 0 saturated carbocycles. The summed E-state index contributed by atoms with van der Waals surface area (Å²) >= 11 is 0. The Morgan fingerprint density at radius 1 is 0.229 bits per heavy atom. The minimum absolute atomic E-state index is 1.08. The molecule has 0 bridgehead atoms. The Morgan fingerprint density at radius 2 is 0.671 bits per heavy atom. The van der Waals surface area contributed by atoms with Crippen LogP contribution in [-0.4, -0.2) is 4.57 Å². The maximum Gasteiger partial charge on any atom is 0.0547 e. The molecule has 13 rings (SSSR count). The molecule has 2 nitrogen and oxygen atoms in total. The highest BCUT2D eigenvalue weighted by atomic mass is 15.1. The van der Waals surface area contributed by atoms with Gasteiger partial charge in [-0.1, -0.05) is 218 Å². The molecule has 0 unspecified atom stereocenters. The van der Waals surface area contributed by atoms with E-state index >= 15 is 0 Å². The fraction of sp³-hybridized carbons (Fsp3) is 0. The third-order valence-corrected chi connectivity index (χ3v) is 14.0. The highest BCUT2D eigenvalue weighted by Gasteiger charge is 2.18. The number of para-hydroxylation sites is 2. The van der Waals surface area contributed by atoms with Crippen LogP contribution in [0.4, 0.5) is 17.1 Å². The number of benzene rings is 12. The summed E-state index contributed by atoms with van der Waals surface area (Å²) in [6.45, 7) is 0. The molecule has 0 spiro atoms. The number of hydrogen-bond acceptors (Lipinski definition) is 1. The number of fused-ring (bicyclic) bond motifs is 6. The fourth-order valence-corrected chi connectivity index (χ4v) is 10.7. The maximum absolute atomic E-state index is 2.39. The van der Waals surface area contributed by atoms with Gasteiger partial charge in [-0.15, -0.1) is 0 Å². The second-order valence-electron chi connectivity index (χ2n) is 18.0. The smallest absolute Gasteiger partial charge is 0.0547 e. The lowest BCUT2D eigenvalue weighted by atomic mass is 9.89. The van der Waals surface area contributed by atoms with Crippen molar-refractivity contribution in [2.45, 2.75) is 0 Å². The van der Waals surface area contributed by atoms with E-state index < -0.39 is 0 Å². The van der Waals surface area contributed by atoms with Gasteiger partial charge < -0.3 is 9.47 Å². The van der Waals surface area contributed by atoms with E-state index in [1.807, 2.05) is 0 Å². The van der Waals surface area contributed by atoms with E-state index in [9.17, 15) is 0 Å². The minimum atomic E-state index is 1.08. The molecule has 0 N–H and O–H groups in total. The number of anilines is 3. The Morgan fingerprint density at radius 3 is 1.33 bits per heavy atom. The van der Waals surface area contributed by atoms with Gasteiger partial charge in [0.2, 0.25) is 0 Å². The Bertz CT molecular complexity index is 4020. The van der Waals surface area contributed by atoms with Crippen molar-refractivity contribution in [3.8, 4) is 61.3 Å². The molecule has 328 valence electrons. The standard InChI is InChI=1S/C68H46N2/c1-3-16-48(17-4-1)57-22-9-11-24-61(57)62-25-12-10-23-59(62)50-32-40-55(41-33-50)69(56-42-34-51(35-43-56)60-27-15-28-63-58-21-8-7-18-49(58)36-44-64(60)63)54-38-30-47(31-39-54)52-37-45-66-65-26-13-14-29-67(65)70(68(66)46-52)53-19-5-2-6-20-53/h1-46H. The second kappa shape index (κ2) is 17.4. The van der Waals surface area contributed by atoms with Gasteiger partial charge in [0.05, 0.1) is 11.0 Å². The van der Waals surface area contributed by atoms with Gasteiger partial charge in [0.1, 0.15) is 0 Å². The van der Waals surface area contributed by atoms with Crippen molar-refractivity contribution in [3.05, 3.63) is 279 Å². The van der Waals surface area contributed by atoms with E-state index in [0.29, 0.717) is 0 Å². The van der Waals surface area contributed by atoms with Crippen LogP contribution in [0.5, 0.6) is 0 Å². The highest BCUT2D eigenvalue weighted by molar-refractivity contribution is 6.12. The SMILES string of the molecule is c1ccc(-c2ccccc2-c2ccccc2-c2ccc(N(c3ccc(-c4ccc5c6ccccc6n(-c6ccccc6)c5c4)cc3)c3ccc(-c4cccc5c4ccc4ccccc45)cc3)cc2)cc1. The summed E-state index contributed by atoms with van der Waals surface area (Å²) in [6.07, 6.45) is 0. The first kappa shape index (κ1) is 41.0. The lowest BCUT2D eigenvalue weighted by Crippen LogP contribution is -2.09. The molecule has 12 aromatic carbocycles. The van der Waals surface area contributed by atoms with E-state index in [0.717, 1.165) is 28.3 Å². The summed E-state index contributed by atoms with van der Waals surface area (Å²) in [5.74, 6) is 0. The van der Waals surface area contributed by atoms with Crippen LogP contribution in [0.1, 0.15) is 0 Å². The molecule has 1 aromatic heterocycles. The molecule has 1 heterocycles. The molecular formula is C68H46N2. The molecular weight excluding hydrogens is 845 g/mol. The number of rotatable bonds is 9. The van der Waals surface area contributed by atoms with Crippen molar-refractivity contribution in [2.24, 2.45) is 0 Å². The molecule has 70 heavy (non-hydrogen) atoms. The highest BCUT2D eigenvalue weighted by Crippen LogP contribution is 2.43. The van der Waals surface area contributed by atoms with Crippen LogP contribution in [0, 0.1) is 0 Å². The molecule has 0 aliphatic heterocycles. The van der Waals surface area contributed by atoms with Gasteiger partial charge in [-0.3, -0.25) is 0 Å². The zero-order valence-electron chi connectivity index (χ0n) is 38.5. The lowest BCUT2D eigenvalue weighted by Gasteiger charge is -2.26. The zero-order chi connectivity index (χ0) is 46.4. The van der Waals surface area contributed by atoms with Crippen molar-refractivity contribution in [1.82, 2.24) is 4.57 Å². The van der Waals surface area contributed by atoms with E-state index in [1.54, 1.807) is 0 Å². The molecule has 0 radical (unpaired) electrons. The van der Waals surface area contributed by atoms with Crippen molar-refractivity contribution in [3.63, 3.8) is 0 Å². The van der Waals surface area contributed by atoms with E-state index in [1.165, 1.54) is 93.4 Å². The Balaban J connectivity index is 0.900. The topological polar surface area (TPSA) is 8.17 Å².